The lowest BCUT2D eigenvalue weighted by molar-refractivity contribution is 0.872. The summed E-state index contributed by atoms with van der Waals surface area (Å²) in [7, 11) is 0. The number of hydrogen-bond acceptors (Lipinski definition) is 1. The van der Waals surface area contributed by atoms with E-state index < -0.39 is 0 Å². The summed E-state index contributed by atoms with van der Waals surface area (Å²) < 4.78 is 0. The molecule has 0 bridgehead atoms. The molecule has 0 unspecified atom stereocenters. The first kappa shape index (κ1) is 7.86. The molecule has 0 aliphatic rings. The van der Waals surface area contributed by atoms with E-state index in [1.807, 2.05) is 0 Å². The van der Waals surface area contributed by atoms with Crippen molar-refractivity contribution in [3.8, 4) is 0 Å². The molecule has 0 spiro atoms. The standard InChI is InChI=1S/C10H13N/c1-3-11-8-10-6-4-9(2)5-7-10/h3-7,11H,1,8H2,2H3. The molecule has 1 nitrogen and oxygen atoms in total. The topological polar surface area (TPSA) is 12.0 Å². The van der Waals surface area contributed by atoms with Crippen molar-refractivity contribution in [3.63, 3.8) is 0 Å². The van der Waals surface area contributed by atoms with Gasteiger partial charge in [0.15, 0.2) is 0 Å². The quantitative estimate of drug-likeness (QED) is 0.691. The normalized spacial score (nSPS) is 9.18. The van der Waals surface area contributed by atoms with Crippen molar-refractivity contribution in [1.29, 1.82) is 0 Å². The Kier molecular flexibility index (Phi) is 2.73. The van der Waals surface area contributed by atoms with Crippen LogP contribution in [0.1, 0.15) is 11.1 Å². The van der Waals surface area contributed by atoms with Crippen LogP contribution in [0.4, 0.5) is 0 Å². The highest BCUT2D eigenvalue weighted by Crippen LogP contribution is 2.01. The summed E-state index contributed by atoms with van der Waals surface area (Å²) in [6.07, 6.45) is 1.71. The van der Waals surface area contributed by atoms with E-state index in [0.717, 1.165) is 6.54 Å². The predicted octanol–water partition coefficient (Wildman–Crippen LogP) is 2.23. The monoisotopic (exact) mass is 147 g/mol. The Labute approximate surface area is 67.8 Å². The molecule has 0 aliphatic heterocycles. The first-order chi connectivity index (χ1) is 5.33. The molecule has 11 heavy (non-hydrogen) atoms. The zero-order valence-electron chi connectivity index (χ0n) is 6.80. The van der Waals surface area contributed by atoms with Gasteiger partial charge in [0.05, 0.1) is 0 Å². The molecular weight excluding hydrogens is 134 g/mol. The minimum atomic E-state index is 0.865. The maximum absolute atomic E-state index is 3.58. The Bertz CT molecular complexity index is 223. The number of nitrogens with one attached hydrogen (secondary N) is 1. The Balaban J connectivity index is 2.58. The van der Waals surface area contributed by atoms with E-state index in [2.05, 4.69) is 43.1 Å². The van der Waals surface area contributed by atoms with Gasteiger partial charge in [-0.25, -0.2) is 0 Å². The highest BCUT2D eigenvalue weighted by molar-refractivity contribution is 5.21. The third-order valence-electron chi connectivity index (χ3n) is 1.57. The Morgan fingerprint density at radius 3 is 2.55 bits per heavy atom. The lowest BCUT2D eigenvalue weighted by Crippen LogP contribution is -2.02. The van der Waals surface area contributed by atoms with Crippen LogP contribution in [0, 0.1) is 6.92 Å². The molecule has 1 N–H and O–H groups in total. The van der Waals surface area contributed by atoms with Crippen LogP contribution in [0.15, 0.2) is 37.0 Å². The number of hydrogen-bond donors (Lipinski definition) is 1. The first-order valence-electron chi connectivity index (χ1n) is 3.73. The highest BCUT2D eigenvalue weighted by atomic mass is 14.8. The zero-order valence-corrected chi connectivity index (χ0v) is 6.80. The molecule has 58 valence electrons. The van der Waals surface area contributed by atoms with E-state index in [4.69, 9.17) is 0 Å². The largest absolute Gasteiger partial charge is 0.387 e. The number of benzene rings is 1. The predicted molar refractivity (Wildman–Crippen MR) is 48.2 cm³/mol. The molecule has 0 aromatic heterocycles. The fourth-order valence-corrected chi connectivity index (χ4v) is 0.896. The average Bonchev–Trinajstić information content (AvgIpc) is 2.04. The second-order valence-electron chi connectivity index (χ2n) is 2.57. The second-order valence-corrected chi connectivity index (χ2v) is 2.57. The summed E-state index contributed by atoms with van der Waals surface area (Å²) in [5.41, 5.74) is 2.59. The Hall–Kier alpha value is -1.24. The smallest absolute Gasteiger partial charge is 0.0395 e. The molecular formula is C10H13N. The van der Waals surface area contributed by atoms with Gasteiger partial charge in [-0.3, -0.25) is 0 Å². The van der Waals surface area contributed by atoms with Gasteiger partial charge < -0.3 is 5.32 Å². The molecule has 0 atom stereocenters. The van der Waals surface area contributed by atoms with Gasteiger partial charge in [-0.2, -0.15) is 0 Å². The highest BCUT2D eigenvalue weighted by Gasteiger charge is 1.87. The fraction of sp³-hybridized carbons (Fsp3) is 0.200. The van der Waals surface area contributed by atoms with E-state index in [9.17, 15) is 0 Å². The Morgan fingerprint density at radius 2 is 2.00 bits per heavy atom. The van der Waals surface area contributed by atoms with Gasteiger partial charge in [-0.05, 0) is 18.7 Å². The maximum Gasteiger partial charge on any atom is 0.0395 e. The van der Waals surface area contributed by atoms with Crippen molar-refractivity contribution >= 4 is 0 Å². The van der Waals surface area contributed by atoms with Crippen LogP contribution < -0.4 is 5.32 Å². The van der Waals surface area contributed by atoms with Crippen LogP contribution in [0.2, 0.25) is 0 Å². The molecule has 1 heteroatoms. The van der Waals surface area contributed by atoms with Crippen molar-refractivity contribution < 1.29 is 0 Å². The molecule has 1 aromatic rings. The first-order valence-corrected chi connectivity index (χ1v) is 3.73. The lowest BCUT2D eigenvalue weighted by Gasteiger charge is -2.00. The van der Waals surface area contributed by atoms with Gasteiger partial charge in [0.1, 0.15) is 0 Å². The molecule has 0 fully saturated rings. The second kappa shape index (κ2) is 3.81. The minimum absolute atomic E-state index is 0.865. The van der Waals surface area contributed by atoms with Crippen LogP contribution in [0.5, 0.6) is 0 Å². The number of rotatable bonds is 3. The summed E-state index contributed by atoms with van der Waals surface area (Å²) in [5.74, 6) is 0. The summed E-state index contributed by atoms with van der Waals surface area (Å²) in [5, 5.41) is 3.05. The van der Waals surface area contributed by atoms with E-state index in [0.29, 0.717) is 0 Å². The van der Waals surface area contributed by atoms with Crippen molar-refractivity contribution in [3.05, 3.63) is 48.2 Å². The SMILES string of the molecule is C=CNCc1ccc(C)cc1. The molecule has 0 radical (unpaired) electrons. The third-order valence-corrected chi connectivity index (χ3v) is 1.57. The molecule has 0 heterocycles. The van der Waals surface area contributed by atoms with E-state index >= 15 is 0 Å². The van der Waals surface area contributed by atoms with Crippen LogP contribution in [0.3, 0.4) is 0 Å². The number of aryl methyl sites for hydroxylation is 1. The maximum atomic E-state index is 3.58. The molecule has 0 saturated carbocycles. The van der Waals surface area contributed by atoms with E-state index in [1.54, 1.807) is 6.20 Å². The summed E-state index contributed by atoms with van der Waals surface area (Å²) >= 11 is 0. The molecule has 0 amide bonds. The molecule has 1 rings (SSSR count). The summed E-state index contributed by atoms with van der Waals surface area (Å²) in [6, 6.07) is 8.46. The van der Waals surface area contributed by atoms with E-state index in [1.165, 1.54) is 11.1 Å². The van der Waals surface area contributed by atoms with Gasteiger partial charge >= 0.3 is 0 Å². The summed E-state index contributed by atoms with van der Waals surface area (Å²) in [6.45, 7) is 6.54. The van der Waals surface area contributed by atoms with Crippen LogP contribution in [-0.4, -0.2) is 0 Å². The van der Waals surface area contributed by atoms with Crippen molar-refractivity contribution in [2.24, 2.45) is 0 Å². The van der Waals surface area contributed by atoms with Gasteiger partial charge in [-0.1, -0.05) is 36.4 Å². The zero-order chi connectivity index (χ0) is 8.10. The van der Waals surface area contributed by atoms with E-state index in [-0.39, 0.29) is 0 Å². The summed E-state index contributed by atoms with van der Waals surface area (Å²) in [4.78, 5) is 0. The average molecular weight is 147 g/mol. The van der Waals surface area contributed by atoms with Crippen LogP contribution in [0.25, 0.3) is 0 Å². The minimum Gasteiger partial charge on any atom is -0.387 e. The molecule has 0 aliphatic carbocycles. The Morgan fingerprint density at radius 1 is 1.36 bits per heavy atom. The van der Waals surface area contributed by atoms with Crippen LogP contribution in [-0.2, 0) is 6.54 Å². The fourth-order valence-electron chi connectivity index (χ4n) is 0.896. The third kappa shape index (κ3) is 2.46. The van der Waals surface area contributed by atoms with Crippen LogP contribution >= 0.6 is 0 Å². The van der Waals surface area contributed by atoms with Crippen molar-refractivity contribution in [2.75, 3.05) is 0 Å². The molecule has 0 saturated heterocycles. The van der Waals surface area contributed by atoms with Crippen molar-refractivity contribution in [1.82, 2.24) is 5.32 Å². The van der Waals surface area contributed by atoms with Gasteiger partial charge in [0.2, 0.25) is 0 Å². The van der Waals surface area contributed by atoms with Gasteiger partial charge in [-0.15, -0.1) is 0 Å². The van der Waals surface area contributed by atoms with Gasteiger partial charge in [0.25, 0.3) is 0 Å². The molecule has 1 aromatic carbocycles. The van der Waals surface area contributed by atoms with Crippen molar-refractivity contribution in [2.45, 2.75) is 13.5 Å². The van der Waals surface area contributed by atoms with Gasteiger partial charge in [0, 0.05) is 6.54 Å². The lowest BCUT2D eigenvalue weighted by atomic mass is 10.1.